The van der Waals surface area contributed by atoms with Crippen molar-refractivity contribution in [1.29, 1.82) is 0 Å². The SMILES string of the molecule is CCCN1C(=O)[C@@H]2[C@@H](CC(CC)=C3[C@@H](CC/C(=C/c4ccc(CO)o4)c4ccccc4)OC[C@@H]32)C1=O. The van der Waals surface area contributed by atoms with Crippen molar-refractivity contribution in [2.75, 3.05) is 13.2 Å². The molecule has 6 heteroatoms. The zero-order valence-electron chi connectivity index (χ0n) is 21.1. The van der Waals surface area contributed by atoms with Gasteiger partial charge < -0.3 is 14.3 Å². The van der Waals surface area contributed by atoms with Crippen LogP contribution in [0.1, 0.15) is 63.0 Å². The number of aliphatic hydroxyl groups excluding tert-OH is 1. The van der Waals surface area contributed by atoms with Crippen LogP contribution in [0.3, 0.4) is 0 Å². The summed E-state index contributed by atoms with van der Waals surface area (Å²) in [4.78, 5) is 27.8. The molecule has 4 atom stereocenters. The number of likely N-dealkylation sites (tertiary alicyclic amines) is 1. The fourth-order valence-corrected chi connectivity index (χ4v) is 6.29. The Hall–Kier alpha value is -2.96. The first-order valence-electron chi connectivity index (χ1n) is 13.2. The summed E-state index contributed by atoms with van der Waals surface area (Å²) in [5, 5.41) is 9.37. The molecule has 2 aromatic rings. The Morgan fingerprint density at radius 2 is 1.89 bits per heavy atom. The molecule has 3 heterocycles. The number of fused-ring (bicyclic) bond motifs is 3. The van der Waals surface area contributed by atoms with Gasteiger partial charge in [0.25, 0.3) is 0 Å². The first-order valence-corrected chi connectivity index (χ1v) is 13.2. The van der Waals surface area contributed by atoms with Crippen molar-refractivity contribution in [3.05, 3.63) is 70.7 Å². The van der Waals surface area contributed by atoms with Gasteiger partial charge in [0.15, 0.2) is 0 Å². The third kappa shape index (κ3) is 4.48. The number of allylic oxidation sites excluding steroid dienone is 2. The van der Waals surface area contributed by atoms with E-state index in [1.54, 1.807) is 6.07 Å². The van der Waals surface area contributed by atoms with Gasteiger partial charge in [-0.25, -0.2) is 0 Å². The molecule has 1 aromatic carbocycles. The number of hydrogen-bond donors (Lipinski definition) is 1. The van der Waals surface area contributed by atoms with Crippen molar-refractivity contribution in [3.63, 3.8) is 0 Å². The minimum absolute atomic E-state index is 0.00310. The molecular formula is C30H35NO5. The molecule has 2 amide bonds. The first-order chi connectivity index (χ1) is 17.5. The summed E-state index contributed by atoms with van der Waals surface area (Å²) in [6.07, 6.45) is 5.89. The van der Waals surface area contributed by atoms with Gasteiger partial charge in [-0.1, -0.05) is 49.8 Å². The molecular weight excluding hydrogens is 454 g/mol. The Morgan fingerprint density at radius 3 is 2.58 bits per heavy atom. The number of furan rings is 1. The fraction of sp³-hybridized carbons (Fsp3) is 0.467. The van der Waals surface area contributed by atoms with E-state index in [0.717, 1.165) is 36.8 Å². The van der Waals surface area contributed by atoms with Crippen LogP contribution in [-0.4, -0.2) is 41.1 Å². The predicted molar refractivity (Wildman–Crippen MR) is 137 cm³/mol. The van der Waals surface area contributed by atoms with Crippen molar-refractivity contribution in [2.24, 2.45) is 17.8 Å². The van der Waals surface area contributed by atoms with E-state index in [9.17, 15) is 14.7 Å². The highest BCUT2D eigenvalue weighted by molar-refractivity contribution is 6.06. The normalized spacial score (nSPS) is 26.1. The number of aliphatic hydroxyl groups is 1. The highest BCUT2D eigenvalue weighted by Crippen LogP contribution is 2.50. The second-order valence-corrected chi connectivity index (χ2v) is 10.0. The molecule has 5 rings (SSSR count). The molecule has 1 aliphatic carbocycles. The number of ether oxygens (including phenoxy) is 1. The number of nitrogens with zero attached hydrogens (tertiary/aromatic N) is 1. The van der Waals surface area contributed by atoms with Crippen LogP contribution in [0.4, 0.5) is 0 Å². The molecule has 2 fully saturated rings. The van der Waals surface area contributed by atoms with Crippen LogP contribution in [-0.2, 0) is 20.9 Å². The first kappa shape index (κ1) is 24.7. The summed E-state index contributed by atoms with van der Waals surface area (Å²) in [5.41, 5.74) is 4.82. The summed E-state index contributed by atoms with van der Waals surface area (Å²) in [6.45, 7) is 5.04. The minimum atomic E-state index is -0.275. The Bertz CT molecular complexity index is 1180. The number of hydrogen-bond acceptors (Lipinski definition) is 5. The molecule has 0 unspecified atom stereocenters. The molecule has 2 saturated heterocycles. The Labute approximate surface area is 212 Å². The lowest BCUT2D eigenvalue weighted by molar-refractivity contribution is -0.140. The van der Waals surface area contributed by atoms with Crippen LogP contribution in [0.15, 0.2) is 58.0 Å². The molecule has 0 spiro atoms. The summed E-state index contributed by atoms with van der Waals surface area (Å²) in [5.74, 6) is 0.758. The van der Waals surface area contributed by atoms with Gasteiger partial charge in [0.1, 0.15) is 18.1 Å². The second kappa shape index (κ2) is 10.6. The van der Waals surface area contributed by atoms with E-state index in [0.29, 0.717) is 31.1 Å². The van der Waals surface area contributed by atoms with Crippen LogP contribution in [0.2, 0.25) is 0 Å². The highest BCUT2D eigenvalue weighted by atomic mass is 16.5. The average Bonchev–Trinajstić information content (AvgIpc) is 3.60. The number of amides is 2. The van der Waals surface area contributed by atoms with Gasteiger partial charge in [-0.2, -0.15) is 0 Å². The zero-order chi connectivity index (χ0) is 25.2. The molecule has 1 N–H and O–H groups in total. The quantitative estimate of drug-likeness (QED) is 0.385. The molecule has 3 aliphatic rings. The van der Waals surface area contributed by atoms with E-state index in [2.05, 4.69) is 19.1 Å². The molecule has 1 aromatic heterocycles. The monoisotopic (exact) mass is 489 g/mol. The minimum Gasteiger partial charge on any atom is -0.459 e. The maximum Gasteiger partial charge on any atom is 0.233 e. The smallest absolute Gasteiger partial charge is 0.233 e. The molecule has 0 bridgehead atoms. The summed E-state index contributed by atoms with van der Waals surface area (Å²) in [6, 6.07) is 13.9. The Kier molecular flexibility index (Phi) is 7.26. The number of carbonyl (C=O) groups is 2. The molecule has 190 valence electrons. The molecule has 0 saturated carbocycles. The van der Waals surface area contributed by atoms with E-state index in [1.807, 2.05) is 37.3 Å². The number of imide groups is 1. The number of benzene rings is 1. The fourth-order valence-electron chi connectivity index (χ4n) is 6.29. The lowest BCUT2D eigenvalue weighted by Crippen LogP contribution is -2.34. The van der Waals surface area contributed by atoms with Crippen LogP contribution in [0, 0.1) is 17.8 Å². The second-order valence-electron chi connectivity index (χ2n) is 10.0. The van der Waals surface area contributed by atoms with Gasteiger partial charge in [-0.3, -0.25) is 14.5 Å². The van der Waals surface area contributed by atoms with Crippen LogP contribution < -0.4 is 0 Å². The Morgan fingerprint density at radius 1 is 1.08 bits per heavy atom. The van der Waals surface area contributed by atoms with Gasteiger partial charge in [0.2, 0.25) is 11.8 Å². The number of carbonyl (C=O) groups excluding carboxylic acids is 2. The summed E-state index contributed by atoms with van der Waals surface area (Å²) in [7, 11) is 0. The number of rotatable bonds is 9. The maximum atomic E-state index is 13.3. The van der Waals surface area contributed by atoms with Gasteiger partial charge in [-0.15, -0.1) is 0 Å². The summed E-state index contributed by atoms with van der Waals surface area (Å²) >= 11 is 0. The van der Waals surface area contributed by atoms with Crippen molar-refractivity contribution in [1.82, 2.24) is 4.90 Å². The highest BCUT2D eigenvalue weighted by Gasteiger charge is 2.56. The van der Waals surface area contributed by atoms with E-state index >= 15 is 0 Å². The molecule has 36 heavy (non-hydrogen) atoms. The average molecular weight is 490 g/mol. The van der Waals surface area contributed by atoms with Gasteiger partial charge in [0, 0.05) is 12.5 Å². The van der Waals surface area contributed by atoms with Crippen molar-refractivity contribution >= 4 is 23.5 Å². The van der Waals surface area contributed by atoms with Gasteiger partial charge in [0.05, 0.1) is 24.5 Å². The zero-order valence-corrected chi connectivity index (χ0v) is 21.1. The van der Waals surface area contributed by atoms with Gasteiger partial charge >= 0.3 is 0 Å². The summed E-state index contributed by atoms with van der Waals surface area (Å²) < 4.78 is 12.1. The Balaban J connectivity index is 1.39. The standard InChI is InChI=1S/C30H35NO5/c1-3-14-31-29(33)24-16-19(4-2)27-25(28(24)30(31)34)18-35-26(27)13-10-21(20-8-6-5-7-9-20)15-22-11-12-23(17-32)36-22/h5-9,11-12,15,24-26,28,32H,3-4,10,13-14,16-18H2,1-2H3/b21-15-/t24-,25+,26-,28-/m1/s1. The van der Waals surface area contributed by atoms with Crippen LogP contribution >= 0.6 is 0 Å². The van der Waals surface area contributed by atoms with E-state index in [-0.39, 0.29) is 42.3 Å². The topological polar surface area (TPSA) is 80.0 Å². The van der Waals surface area contributed by atoms with Crippen molar-refractivity contribution in [3.8, 4) is 0 Å². The van der Waals surface area contributed by atoms with E-state index in [1.165, 1.54) is 16.0 Å². The van der Waals surface area contributed by atoms with E-state index in [4.69, 9.17) is 9.15 Å². The van der Waals surface area contributed by atoms with Crippen LogP contribution in [0.5, 0.6) is 0 Å². The molecule has 6 nitrogen and oxygen atoms in total. The third-order valence-corrected chi connectivity index (χ3v) is 7.95. The lowest BCUT2D eigenvalue weighted by Gasteiger charge is -2.31. The van der Waals surface area contributed by atoms with Crippen molar-refractivity contribution < 1.29 is 23.8 Å². The molecule has 2 aliphatic heterocycles. The molecule has 0 radical (unpaired) electrons. The van der Waals surface area contributed by atoms with Gasteiger partial charge in [-0.05, 0) is 67.0 Å². The predicted octanol–water partition coefficient (Wildman–Crippen LogP) is 5.23. The maximum absolute atomic E-state index is 13.3. The van der Waals surface area contributed by atoms with Crippen molar-refractivity contribution in [2.45, 2.75) is 58.7 Å². The largest absolute Gasteiger partial charge is 0.459 e. The van der Waals surface area contributed by atoms with Crippen LogP contribution in [0.25, 0.3) is 11.6 Å². The third-order valence-electron chi connectivity index (χ3n) is 7.95. The lowest BCUT2D eigenvalue weighted by atomic mass is 9.69. The van der Waals surface area contributed by atoms with E-state index < -0.39 is 0 Å².